The molecule has 0 saturated heterocycles. The van der Waals surface area contributed by atoms with Crippen molar-refractivity contribution in [1.29, 1.82) is 0 Å². The van der Waals surface area contributed by atoms with Gasteiger partial charge in [-0.05, 0) is 159 Å². The monoisotopic (exact) mass is 1150 g/mol. The number of ether oxygens (including phenoxy) is 4. The van der Waals surface area contributed by atoms with E-state index in [0.29, 0.717) is 68.0 Å². The molecule has 0 aromatic heterocycles. The van der Waals surface area contributed by atoms with Gasteiger partial charge in [0.2, 0.25) is 5.78 Å². The number of benzene rings is 9. The second-order valence-electron chi connectivity index (χ2n) is 21.7. The Morgan fingerprint density at radius 2 is 0.845 bits per heavy atom. The molecule has 0 aliphatic carbocycles. The summed E-state index contributed by atoms with van der Waals surface area (Å²) < 4.78 is 69.5. The summed E-state index contributed by atoms with van der Waals surface area (Å²) in [6.45, 7) is 11.7. The van der Waals surface area contributed by atoms with Crippen LogP contribution in [0.1, 0.15) is 97.9 Å². The van der Waals surface area contributed by atoms with Gasteiger partial charge < -0.3 is 28.0 Å². The number of Topliss-reactive ketones (excluding diaryl/α,β-unsaturated/α-hetero) is 2. The standard InChI is InChI=1S/C70H60O12P2/c1-8-61(45(2)71)78-54-38-30-50(31-39-54)69(6,83(75)64-26-15-11-22-59(64)57-20-9-13-24-62(57)81-83)51-32-40-55(41-33-51)79-67(74)48-19-17-18-47(44-48)66(73)68(4,5)80-56-42-34-52(35-43-56)70(7,49-28-36-53(37-29-49)77-46(3)72)84(76)65-27-16-12-23-60(65)58-21-10-14-25-63(58)82-84/h9-44,61H,8H2,1-7H3. The first-order valence-corrected chi connectivity index (χ1v) is 30.8. The third kappa shape index (κ3) is 10.0. The quantitative estimate of drug-likeness (QED) is 0.0368. The van der Waals surface area contributed by atoms with E-state index in [1.807, 2.05) is 130 Å². The molecule has 0 amide bonds. The Morgan fingerprint density at radius 1 is 0.452 bits per heavy atom. The Balaban J connectivity index is 0.845. The Kier molecular flexibility index (Phi) is 15.0. The first-order valence-electron chi connectivity index (χ1n) is 27.6. The van der Waals surface area contributed by atoms with Gasteiger partial charge in [-0.15, -0.1) is 0 Å². The van der Waals surface area contributed by atoms with Crippen LogP contribution in [-0.4, -0.2) is 35.2 Å². The molecule has 0 bridgehead atoms. The fraction of sp³-hybridized carbons (Fsp3) is 0.171. The van der Waals surface area contributed by atoms with Crippen LogP contribution in [0.4, 0.5) is 0 Å². The van der Waals surface area contributed by atoms with Crippen molar-refractivity contribution in [2.24, 2.45) is 0 Å². The van der Waals surface area contributed by atoms with E-state index in [1.54, 1.807) is 117 Å². The number of hydrogen-bond acceptors (Lipinski definition) is 12. The smallest absolute Gasteiger partial charge is 0.343 e. The molecule has 12 nitrogen and oxygen atoms in total. The van der Waals surface area contributed by atoms with Gasteiger partial charge in [0.25, 0.3) is 14.7 Å². The minimum absolute atomic E-state index is 0.0886. The predicted octanol–water partition coefficient (Wildman–Crippen LogP) is 15.5. The van der Waals surface area contributed by atoms with Gasteiger partial charge in [-0.3, -0.25) is 23.5 Å². The highest BCUT2D eigenvalue weighted by Gasteiger charge is 2.55. The van der Waals surface area contributed by atoms with Gasteiger partial charge in [-0.2, -0.15) is 0 Å². The molecule has 5 unspecified atom stereocenters. The molecule has 2 heterocycles. The third-order valence-electron chi connectivity index (χ3n) is 15.9. The lowest BCUT2D eigenvalue weighted by atomic mass is 9.91. The van der Waals surface area contributed by atoms with E-state index in [9.17, 15) is 19.2 Å². The molecule has 0 saturated carbocycles. The summed E-state index contributed by atoms with van der Waals surface area (Å²) in [4.78, 5) is 52.6. The van der Waals surface area contributed by atoms with Crippen molar-refractivity contribution < 1.29 is 56.3 Å². The van der Waals surface area contributed by atoms with Gasteiger partial charge in [-0.1, -0.05) is 140 Å². The van der Waals surface area contributed by atoms with Gasteiger partial charge in [0.1, 0.15) is 44.8 Å². The molecule has 2 aliphatic heterocycles. The summed E-state index contributed by atoms with van der Waals surface area (Å²) in [6, 6.07) is 64.3. The largest absolute Gasteiger partial charge is 0.483 e. The second kappa shape index (κ2) is 22.2. The minimum Gasteiger partial charge on any atom is -0.483 e. The van der Waals surface area contributed by atoms with Gasteiger partial charge in [0.05, 0.1) is 16.2 Å². The van der Waals surface area contributed by atoms with Gasteiger partial charge in [0.15, 0.2) is 17.5 Å². The second-order valence-corrected chi connectivity index (χ2v) is 27.0. The average Bonchev–Trinajstić information content (AvgIpc) is 1.18. The van der Waals surface area contributed by atoms with E-state index in [2.05, 4.69) is 0 Å². The normalized spacial score (nSPS) is 17.5. The van der Waals surface area contributed by atoms with Crippen molar-refractivity contribution in [2.45, 2.75) is 76.9 Å². The highest BCUT2D eigenvalue weighted by Crippen LogP contribution is 2.70. The van der Waals surface area contributed by atoms with Crippen LogP contribution in [0.5, 0.6) is 34.5 Å². The van der Waals surface area contributed by atoms with E-state index >= 15 is 9.13 Å². The van der Waals surface area contributed by atoms with Crippen molar-refractivity contribution in [2.75, 3.05) is 0 Å². The van der Waals surface area contributed by atoms with E-state index in [4.69, 9.17) is 28.0 Å². The third-order valence-corrected chi connectivity index (χ3v) is 22.3. The number of para-hydroxylation sites is 2. The molecular formula is C70H60O12P2. The van der Waals surface area contributed by atoms with Crippen molar-refractivity contribution in [3.8, 4) is 56.8 Å². The Bertz CT molecular complexity index is 4140. The molecule has 14 heteroatoms. The molecule has 422 valence electrons. The summed E-state index contributed by atoms with van der Waals surface area (Å²) in [7, 11) is -7.84. The van der Waals surface area contributed by atoms with Crippen molar-refractivity contribution >= 4 is 48.9 Å². The van der Waals surface area contributed by atoms with Crippen LogP contribution in [0.3, 0.4) is 0 Å². The van der Waals surface area contributed by atoms with Gasteiger partial charge in [0, 0.05) is 23.6 Å². The van der Waals surface area contributed by atoms with Crippen LogP contribution in [0, 0.1) is 0 Å². The summed E-state index contributed by atoms with van der Waals surface area (Å²) in [5.74, 6) is 0.656. The Hall–Kier alpha value is -9.08. The van der Waals surface area contributed by atoms with E-state index in [0.717, 1.165) is 22.3 Å². The van der Waals surface area contributed by atoms with Crippen LogP contribution in [-0.2, 0) is 29.0 Å². The topological polar surface area (TPSA) is 158 Å². The van der Waals surface area contributed by atoms with Gasteiger partial charge >= 0.3 is 11.9 Å². The highest BCUT2D eigenvalue weighted by molar-refractivity contribution is 7.69. The fourth-order valence-corrected chi connectivity index (χ4v) is 17.3. The molecular weight excluding hydrogens is 1090 g/mol. The lowest BCUT2D eigenvalue weighted by molar-refractivity contribution is -0.132. The van der Waals surface area contributed by atoms with Crippen LogP contribution < -0.4 is 38.6 Å². The minimum atomic E-state index is -3.93. The summed E-state index contributed by atoms with van der Waals surface area (Å²) in [5, 5.41) is -1.52. The fourth-order valence-electron chi connectivity index (χ4n) is 11.3. The summed E-state index contributed by atoms with van der Waals surface area (Å²) in [6.07, 6.45) is -0.115. The zero-order chi connectivity index (χ0) is 59.2. The number of carbonyl (C=O) groups is 4. The molecule has 0 spiro atoms. The molecule has 0 fully saturated rings. The molecule has 9 aromatic rings. The van der Waals surface area contributed by atoms with Crippen LogP contribution in [0.25, 0.3) is 22.3 Å². The first-order chi connectivity index (χ1) is 40.3. The molecule has 84 heavy (non-hydrogen) atoms. The van der Waals surface area contributed by atoms with Crippen molar-refractivity contribution in [1.82, 2.24) is 0 Å². The lowest BCUT2D eigenvalue weighted by Crippen LogP contribution is -2.38. The zero-order valence-corrected chi connectivity index (χ0v) is 49.2. The molecule has 2 aliphatic rings. The number of hydrogen-bond donors (Lipinski definition) is 0. The maximum atomic E-state index is 16.2. The van der Waals surface area contributed by atoms with E-state index in [1.165, 1.54) is 19.9 Å². The van der Waals surface area contributed by atoms with E-state index < -0.39 is 54.5 Å². The predicted molar refractivity (Wildman–Crippen MR) is 325 cm³/mol. The maximum absolute atomic E-state index is 16.2. The SMILES string of the molecule is CCC(Oc1ccc(C(C)(c2ccc(OC(=O)c3cccc(C(=O)C(C)(C)Oc4ccc(C(C)(c5ccc(OC(C)=O)cc5)P5(=O)Oc6ccccc6-c6ccccc65)cc4)c3)cc2)P2(=O)Oc3ccccc3-c3ccccc32)cc1)C(C)=O. The Labute approximate surface area is 488 Å². The lowest BCUT2D eigenvalue weighted by Gasteiger charge is -2.41. The van der Waals surface area contributed by atoms with Crippen molar-refractivity contribution in [3.63, 3.8) is 0 Å². The summed E-state index contributed by atoms with van der Waals surface area (Å²) in [5.41, 5.74) is 4.65. The highest BCUT2D eigenvalue weighted by atomic mass is 31.2. The molecule has 0 N–H and O–H groups in total. The molecule has 0 radical (unpaired) electrons. The number of ketones is 2. The number of rotatable bonds is 17. The van der Waals surface area contributed by atoms with Crippen LogP contribution in [0.15, 0.2) is 218 Å². The summed E-state index contributed by atoms with van der Waals surface area (Å²) >= 11 is 0. The maximum Gasteiger partial charge on any atom is 0.343 e. The molecule has 9 aromatic carbocycles. The van der Waals surface area contributed by atoms with E-state index in [-0.39, 0.29) is 22.7 Å². The number of esters is 2. The Morgan fingerprint density at radius 3 is 1.29 bits per heavy atom. The average molecular weight is 1160 g/mol. The zero-order valence-electron chi connectivity index (χ0n) is 47.4. The van der Waals surface area contributed by atoms with Gasteiger partial charge in [-0.25, -0.2) is 4.79 Å². The molecule has 11 rings (SSSR count). The molecule has 5 atom stereocenters. The van der Waals surface area contributed by atoms with Crippen LogP contribution >= 0.6 is 14.7 Å². The van der Waals surface area contributed by atoms with Crippen LogP contribution in [0.2, 0.25) is 0 Å². The van der Waals surface area contributed by atoms with Crippen molar-refractivity contribution in [3.05, 3.63) is 252 Å². The number of carbonyl (C=O) groups excluding carboxylic acids is 4. The first kappa shape index (κ1) is 56.8. The number of fused-ring (bicyclic) bond motifs is 6.